The van der Waals surface area contributed by atoms with Gasteiger partial charge in [0.15, 0.2) is 11.5 Å². The molecule has 2 aliphatic heterocycles. The Bertz CT molecular complexity index is 1020. The third-order valence-electron chi connectivity index (χ3n) is 4.90. The molecule has 7 heteroatoms. The number of ether oxygens (including phenoxy) is 3. The number of nitrogens with one attached hydrogen (secondary N) is 1. The number of imidazole rings is 1. The topological polar surface area (TPSA) is 74.6 Å². The van der Waals surface area contributed by atoms with Gasteiger partial charge in [0.05, 0.1) is 18.3 Å². The van der Waals surface area contributed by atoms with Crippen molar-refractivity contribution in [3.8, 4) is 22.8 Å². The molecule has 0 saturated heterocycles. The van der Waals surface area contributed by atoms with Crippen LogP contribution in [0.25, 0.3) is 11.3 Å². The number of aromatic nitrogens is 2. The maximum absolute atomic E-state index is 12.4. The molecular formula is C21H19N3O4. The summed E-state index contributed by atoms with van der Waals surface area (Å²) in [5.41, 5.74) is 2.55. The molecule has 1 aromatic heterocycles. The van der Waals surface area contributed by atoms with Crippen LogP contribution in [0.5, 0.6) is 11.5 Å². The molecule has 0 unspecified atom stereocenters. The van der Waals surface area contributed by atoms with E-state index in [1.54, 1.807) is 18.2 Å². The minimum absolute atomic E-state index is 0.108. The third kappa shape index (κ3) is 3.20. The zero-order chi connectivity index (χ0) is 18.9. The van der Waals surface area contributed by atoms with Gasteiger partial charge in [-0.3, -0.25) is 4.79 Å². The highest BCUT2D eigenvalue weighted by atomic mass is 16.7. The molecule has 3 aromatic rings. The maximum Gasteiger partial charge on any atom is 0.251 e. The largest absolute Gasteiger partial charge is 0.454 e. The first-order valence-electron chi connectivity index (χ1n) is 9.17. The second kappa shape index (κ2) is 7.01. The molecule has 5 rings (SSSR count). The van der Waals surface area contributed by atoms with Gasteiger partial charge in [0.1, 0.15) is 12.4 Å². The van der Waals surface area contributed by atoms with Crippen LogP contribution >= 0.6 is 0 Å². The summed E-state index contributed by atoms with van der Waals surface area (Å²) >= 11 is 0. The molecule has 28 heavy (non-hydrogen) atoms. The molecule has 7 nitrogen and oxygen atoms in total. The molecule has 1 N–H and O–H groups in total. The van der Waals surface area contributed by atoms with Gasteiger partial charge >= 0.3 is 0 Å². The van der Waals surface area contributed by atoms with Crippen LogP contribution in [0.3, 0.4) is 0 Å². The molecular weight excluding hydrogens is 358 g/mol. The van der Waals surface area contributed by atoms with Crippen molar-refractivity contribution in [1.29, 1.82) is 0 Å². The number of rotatable bonds is 4. The van der Waals surface area contributed by atoms with Crippen molar-refractivity contribution >= 4 is 5.91 Å². The monoisotopic (exact) mass is 377 g/mol. The van der Waals surface area contributed by atoms with Gasteiger partial charge in [-0.1, -0.05) is 30.3 Å². The molecule has 3 heterocycles. The molecule has 0 spiro atoms. The highest BCUT2D eigenvalue weighted by Crippen LogP contribution is 2.32. The van der Waals surface area contributed by atoms with Gasteiger partial charge in [-0.2, -0.15) is 0 Å². The number of carbonyl (C=O) groups excluding carboxylic acids is 1. The Kier molecular flexibility index (Phi) is 4.21. The van der Waals surface area contributed by atoms with Crippen LogP contribution in [0.15, 0.2) is 54.7 Å². The molecule has 142 valence electrons. The minimum atomic E-state index is -0.164. The van der Waals surface area contributed by atoms with Gasteiger partial charge in [-0.15, -0.1) is 0 Å². The summed E-state index contributed by atoms with van der Waals surface area (Å²) < 4.78 is 18.6. The number of hydrogen-bond donors (Lipinski definition) is 1. The first-order valence-corrected chi connectivity index (χ1v) is 9.17. The molecule has 0 saturated carbocycles. The second-order valence-corrected chi connectivity index (χ2v) is 6.77. The molecule has 0 radical (unpaired) electrons. The molecule has 0 fully saturated rings. The smallest absolute Gasteiger partial charge is 0.251 e. The summed E-state index contributed by atoms with van der Waals surface area (Å²) in [6, 6.07) is 15.2. The Morgan fingerprint density at radius 2 is 2.00 bits per heavy atom. The fraction of sp³-hybridized carbons (Fsp3) is 0.238. The van der Waals surface area contributed by atoms with Crippen molar-refractivity contribution < 1.29 is 19.0 Å². The third-order valence-corrected chi connectivity index (χ3v) is 4.90. The molecule has 0 bridgehead atoms. The summed E-state index contributed by atoms with van der Waals surface area (Å²) in [5, 5.41) is 2.94. The highest BCUT2D eigenvalue weighted by Gasteiger charge is 2.22. The lowest BCUT2D eigenvalue weighted by molar-refractivity contribution is 0.00327. The summed E-state index contributed by atoms with van der Waals surface area (Å²) in [6.45, 7) is 1.69. The maximum atomic E-state index is 12.4. The average Bonchev–Trinajstić information content (AvgIpc) is 3.38. The van der Waals surface area contributed by atoms with E-state index in [4.69, 9.17) is 14.2 Å². The van der Waals surface area contributed by atoms with Crippen LogP contribution in [-0.2, 0) is 17.9 Å². The van der Waals surface area contributed by atoms with Gasteiger partial charge in [0, 0.05) is 23.9 Å². The lowest BCUT2D eigenvalue weighted by Gasteiger charge is -2.24. The lowest BCUT2D eigenvalue weighted by atomic mass is 10.2. The lowest BCUT2D eigenvalue weighted by Crippen LogP contribution is -2.38. The molecule has 2 aliphatic rings. The zero-order valence-electron chi connectivity index (χ0n) is 15.1. The van der Waals surface area contributed by atoms with E-state index in [0.29, 0.717) is 36.8 Å². The molecule has 0 aliphatic carbocycles. The first-order chi connectivity index (χ1) is 13.8. The van der Waals surface area contributed by atoms with Crippen LogP contribution < -0.4 is 14.8 Å². The Morgan fingerprint density at radius 1 is 1.14 bits per heavy atom. The van der Waals surface area contributed by atoms with E-state index >= 15 is 0 Å². The number of fused-ring (bicyclic) bond motifs is 2. The Hall–Kier alpha value is -3.32. The van der Waals surface area contributed by atoms with E-state index in [2.05, 4.69) is 14.9 Å². The second-order valence-electron chi connectivity index (χ2n) is 6.77. The van der Waals surface area contributed by atoms with E-state index in [1.165, 1.54) is 0 Å². The Morgan fingerprint density at radius 3 is 2.89 bits per heavy atom. The number of hydrogen-bond acceptors (Lipinski definition) is 5. The fourth-order valence-corrected chi connectivity index (χ4v) is 3.41. The number of carbonyl (C=O) groups is 1. The van der Waals surface area contributed by atoms with Gasteiger partial charge < -0.3 is 24.1 Å². The zero-order valence-corrected chi connectivity index (χ0v) is 15.1. The van der Waals surface area contributed by atoms with Gasteiger partial charge in [0.2, 0.25) is 6.79 Å². The van der Waals surface area contributed by atoms with E-state index in [0.717, 1.165) is 17.1 Å². The van der Waals surface area contributed by atoms with Crippen LogP contribution in [0, 0.1) is 0 Å². The predicted molar refractivity (Wildman–Crippen MR) is 101 cm³/mol. The molecule has 2 aromatic carbocycles. The van der Waals surface area contributed by atoms with Crippen LogP contribution in [-0.4, -0.2) is 34.9 Å². The number of nitrogens with zero attached hydrogens (tertiary/aromatic N) is 2. The average molecular weight is 377 g/mol. The van der Waals surface area contributed by atoms with E-state index in [9.17, 15) is 4.79 Å². The molecule has 1 amide bonds. The molecule has 1 atom stereocenters. The predicted octanol–water partition coefficient (Wildman–Crippen LogP) is 2.61. The Labute approximate surface area is 161 Å². The quantitative estimate of drug-likeness (QED) is 0.757. The van der Waals surface area contributed by atoms with Crippen molar-refractivity contribution in [2.45, 2.75) is 19.3 Å². The van der Waals surface area contributed by atoms with Crippen molar-refractivity contribution in [3.63, 3.8) is 0 Å². The summed E-state index contributed by atoms with van der Waals surface area (Å²) in [4.78, 5) is 17.1. The van der Waals surface area contributed by atoms with Crippen LogP contribution in [0.4, 0.5) is 0 Å². The van der Waals surface area contributed by atoms with E-state index in [-0.39, 0.29) is 18.8 Å². The first kappa shape index (κ1) is 16.8. The fourth-order valence-electron chi connectivity index (χ4n) is 3.41. The van der Waals surface area contributed by atoms with Crippen molar-refractivity contribution in [2.24, 2.45) is 0 Å². The van der Waals surface area contributed by atoms with Crippen molar-refractivity contribution in [2.75, 3.05) is 13.3 Å². The number of benzene rings is 2. The van der Waals surface area contributed by atoms with Gasteiger partial charge in [-0.25, -0.2) is 4.98 Å². The minimum Gasteiger partial charge on any atom is -0.454 e. The van der Waals surface area contributed by atoms with Gasteiger partial charge in [0.25, 0.3) is 5.91 Å². The van der Waals surface area contributed by atoms with Crippen molar-refractivity contribution in [1.82, 2.24) is 14.9 Å². The standard InChI is InChI=1S/C21H19N3O4/c25-21(15-6-7-18-19(8-15)28-13-27-18)22-9-16-10-24-11-17(23-20(24)12-26-16)14-4-2-1-3-5-14/h1-8,11,16H,9-10,12-13H2,(H,22,25)/t16-/m0/s1. The van der Waals surface area contributed by atoms with Crippen molar-refractivity contribution in [3.05, 3.63) is 66.1 Å². The Balaban J connectivity index is 1.22. The summed E-state index contributed by atoms with van der Waals surface area (Å²) in [6.07, 6.45) is 1.93. The SMILES string of the molecule is O=C(NC[C@H]1Cn2cc(-c3ccccc3)nc2CO1)c1ccc2c(c1)OCO2. The normalized spacial score (nSPS) is 17.2. The van der Waals surface area contributed by atoms with Crippen LogP contribution in [0.2, 0.25) is 0 Å². The summed E-state index contributed by atoms with van der Waals surface area (Å²) in [7, 11) is 0. The summed E-state index contributed by atoms with van der Waals surface area (Å²) in [5.74, 6) is 1.99. The number of amides is 1. The van der Waals surface area contributed by atoms with E-state index < -0.39 is 0 Å². The highest BCUT2D eigenvalue weighted by molar-refractivity contribution is 5.94. The van der Waals surface area contributed by atoms with Gasteiger partial charge in [-0.05, 0) is 18.2 Å². The van der Waals surface area contributed by atoms with E-state index in [1.807, 2.05) is 36.5 Å². The van der Waals surface area contributed by atoms with Crippen LogP contribution in [0.1, 0.15) is 16.2 Å².